The number of aryl methyl sites for hydroxylation is 1. The summed E-state index contributed by atoms with van der Waals surface area (Å²) in [5.74, 6) is 4.93. The summed E-state index contributed by atoms with van der Waals surface area (Å²) in [5, 5.41) is 0. The quantitative estimate of drug-likeness (QED) is 0.430. The minimum Gasteiger partial charge on any atom is -0.298 e. The van der Waals surface area contributed by atoms with Gasteiger partial charge in [-0.1, -0.05) is 13.0 Å². The molecule has 1 amide bonds. The second-order valence-corrected chi connectivity index (χ2v) is 4.31. The molecule has 0 radical (unpaired) electrons. The smallest absolute Gasteiger partial charge is 0.233 e. The van der Waals surface area contributed by atoms with Gasteiger partial charge in [-0.25, -0.2) is 5.84 Å². The minimum atomic E-state index is -0.111. The van der Waals surface area contributed by atoms with E-state index in [4.69, 9.17) is 5.84 Å². The normalized spacial score (nSPS) is 10.7. The summed E-state index contributed by atoms with van der Waals surface area (Å²) in [6, 6.07) is 6.04. The summed E-state index contributed by atoms with van der Waals surface area (Å²) in [7, 11) is 0. The van der Waals surface area contributed by atoms with E-state index in [0.717, 1.165) is 37.4 Å². The standard InChI is InChI=1S/C13H22N4O/c1-3-17(9-5-8-13(18)16-14)10-12-7-4-6-11(2)15-12/h4,6-7H,3,5,8-10,14H2,1-2H3,(H,16,18). The molecule has 0 aliphatic heterocycles. The van der Waals surface area contributed by atoms with Crippen molar-refractivity contribution >= 4 is 5.91 Å². The van der Waals surface area contributed by atoms with Crippen LogP contribution in [0.5, 0.6) is 0 Å². The van der Waals surface area contributed by atoms with Crippen LogP contribution in [0.2, 0.25) is 0 Å². The fourth-order valence-corrected chi connectivity index (χ4v) is 1.80. The van der Waals surface area contributed by atoms with Gasteiger partial charge in [0.1, 0.15) is 0 Å². The van der Waals surface area contributed by atoms with Crippen LogP contribution < -0.4 is 11.3 Å². The molecule has 0 spiro atoms. The van der Waals surface area contributed by atoms with Gasteiger partial charge >= 0.3 is 0 Å². The van der Waals surface area contributed by atoms with Crippen LogP contribution in [-0.4, -0.2) is 28.9 Å². The Morgan fingerprint density at radius 3 is 2.89 bits per heavy atom. The fraction of sp³-hybridized carbons (Fsp3) is 0.538. The SMILES string of the molecule is CCN(CCCC(=O)NN)Cc1cccc(C)n1. The number of nitrogens with zero attached hydrogens (tertiary/aromatic N) is 2. The average Bonchev–Trinajstić information content (AvgIpc) is 2.37. The van der Waals surface area contributed by atoms with Crippen LogP contribution in [0.15, 0.2) is 18.2 Å². The van der Waals surface area contributed by atoms with Crippen molar-refractivity contribution in [3.05, 3.63) is 29.6 Å². The Balaban J connectivity index is 2.40. The molecule has 1 rings (SSSR count). The molecule has 0 saturated carbocycles. The summed E-state index contributed by atoms with van der Waals surface area (Å²) < 4.78 is 0. The summed E-state index contributed by atoms with van der Waals surface area (Å²) in [4.78, 5) is 17.8. The van der Waals surface area contributed by atoms with Gasteiger partial charge in [-0.2, -0.15) is 0 Å². The molecule has 1 aromatic rings. The van der Waals surface area contributed by atoms with Crippen LogP contribution >= 0.6 is 0 Å². The van der Waals surface area contributed by atoms with E-state index in [1.807, 2.05) is 25.1 Å². The first kappa shape index (κ1) is 14.6. The number of amides is 1. The Labute approximate surface area is 108 Å². The fourth-order valence-electron chi connectivity index (χ4n) is 1.80. The van der Waals surface area contributed by atoms with Gasteiger partial charge in [0.15, 0.2) is 0 Å². The summed E-state index contributed by atoms with van der Waals surface area (Å²) in [6.45, 7) is 6.74. The number of carbonyl (C=O) groups is 1. The molecule has 0 aliphatic rings. The Hall–Kier alpha value is -1.46. The first-order valence-electron chi connectivity index (χ1n) is 6.30. The van der Waals surface area contributed by atoms with Crippen LogP contribution in [0.1, 0.15) is 31.2 Å². The van der Waals surface area contributed by atoms with E-state index in [-0.39, 0.29) is 5.91 Å². The van der Waals surface area contributed by atoms with Crippen molar-refractivity contribution in [1.29, 1.82) is 0 Å². The summed E-state index contributed by atoms with van der Waals surface area (Å²) in [6.07, 6.45) is 1.27. The lowest BCUT2D eigenvalue weighted by atomic mass is 10.2. The molecular weight excluding hydrogens is 228 g/mol. The maximum absolute atomic E-state index is 11.0. The molecule has 100 valence electrons. The topological polar surface area (TPSA) is 71.2 Å². The molecule has 0 unspecified atom stereocenters. The number of nitrogens with two attached hydrogens (primary N) is 1. The molecule has 3 N–H and O–H groups in total. The van der Waals surface area contributed by atoms with Crippen LogP contribution in [0.3, 0.4) is 0 Å². The second-order valence-electron chi connectivity index (χ2n) is 4.31. The molecule has 1 aromatic heterocycles. The van der Waals surface area contributed by atoms with E-state index in [1.165, 1.54) is 0 Å². The maximum Gasteiger partial charge on any atom is 0.233 e. The van der Waals surface area contributed by atoms with E-state index in [1.54, 1.807) is 0 Å². The molecule has 5 heteroatoms. The van der Waals surface area contributed by atoms with Crippen LogP contribution in [0.4, 0.5) is 0 Å². The molecule has 0 aliphatic carbocycles. The van der Waals surface area contributed by atoms with Crippen molar-refractivity contribution in [2.75, 3.05) is 13.1 Å². The van der Waals surface area contributed by atoms with E-state index in [9.17, 15) is 4.79 Å². The van der Waals surface area contributed by atoms with Gasteiger partial charge in [-0.3, -0.25) is 20.1 Å². The highest BCUT2D eigenvalue weighted by Crippen LogP contribution is 2.04. The van der Waals surface area contributed by atoms with Crippen LogP contribution in [-0.2, 0) is 11.3 Å². The van der Waals surface area contributed by atoms with Crippen LogP contribution in [0, 0.1) is 6.92 Å². The number of pyridine rings is 1. The first-order chi connectivity index (χ1) is 8.65. The second kappa shape index (κ2) is 7.79. The predicted octanol–water partition coefficient (Wildman–Crippen LogP) is 0.982. The number of aromatic nitrogens is 1. The van der Waals surface area contributed by atoms with Crippen molar-refractivity contribution in [2.24, 2.45) is 5.84 Å². The third-order valence-corrected chi connectivity index (χ3v) is 2.82. The number of hydrazine groups is 1. The highest BCUT2D eigenvalue weighted by molar-refractivity contribution is 5.75. The number of carbonyl (C=O) groups excluding carboxylic acids is 1. The van der Waals surface area contributed by atoms with Crippen LogP contribution in [0.25, 0.3) is 0 Å². The molecule has 0 saturated heterocycles. The largest absolute Gasteiger partial charge is 0.298 e. The van der Waals surface area contributed by atoms with Gasteiger partial charge < -0.3 is 0 Å². The molecule has 0 aromatic carbocycles. The van der Waals surface area contributed by atoms with Crippen molar-refractivity contribution in [2.45, 2.75) is 33.2 Å². The monoisotopic (exact) mass is 250 g/mol. The highest BCUT2D eigenvalue weighted by atomic mass is 16.2. The van der Waals surface area contributed by atoms with Gasteiger partial charge in [0, 0.05) is 18.7 Å². The number of rotatable bonds is 7. The Morgan fingerprint density at radius 2 is 2.28 bits per heavy atom. The Bertz CT molecular complexity index is 381. The maximum atomic E-state index is 11.0. The van der Waals surface area contributed by atoms with Crippen molar-refractivity contribution < 1.29 is 4.79 Å². The third kappa shape index (κ3) is 5.25. The molecular formula is C13H22N4O. The number of hydrogen-bond donors (Lipinski definition) is 2. The van der Waals surface area contributed by atoms with Crippen molar-refractivity contribution in [1.82, 2.24) is 15.3 Å². The van der Waals surface area contributed by atoms with Crippen molar-refractivity contribution in [3.63, 3.8) is 0 Å². The minimum absolute atomic E-state index is 0.111. The summed E-state index contributed by atoms with van der Waals surface area (Å²) >= 11 is 0. The lowest BCUT2D eigenvalue weighted by Gasteiger charge is -2.19. The zero-order valence-corrected chi connectivity index (χ0v) is 11.1. The zero-order chi connectivity index (χ0) is 13.4. The van der Waals surface area contributed by atoms with Gasteiger partial charge in [0.25, 0.3) is 0 Å². The molecule has 18 heavy (non-hydrogen) atoms. The lowest BCUT2D eigenvalue weighted by molar-refractivity contribution is -0.121. The highest BCUT2D eigenvalue weighted by Gasteiger charge is 2.06. The van der Waals surface area contributed by atoms with Gasteiger partial charge in [-0.05, 0) is 38.6 Å². The molecule has 5 nitrogen and oxygen atoms in total. The first-order valence-corrected chi connectivity index (χ1v) is 6.30. The van der Waals surface area contributed by atoms with Gasteiger partial charge in [0.2, 0.25) is 5.91 Å². The Morgan fingerprint density at radius 1 is 1.50 bits per heavy atom. The molecule has 0 atom stereocenters. The third-order valence-electron chi connectivity index (χ3n) is 2.82. The molecule has 0 bridgehead atoms. The number of hydrogen-bond acceptors (Lipinski definition) is 4. The summed E-state index contributed by atoms with van der Waals surface area (Å²) in [5.41, 5.74) is 4.25. The molecule has 0 fully saturated rings. The van der Waals surface area contributed by atoms with Crippen molar-refractivity contribution in [3.8, 4) is 0 Å². The molecule has 1 heterocycles. The zero-order valence-electron chi connectivity index (χ0n) is 11.1. The number of nitrogens with one attached hydrogen (secondary N) is 1. The van der Waals surface area contributed by atoms with E-state index < -0.39 is 0 Å². The Kier molecular flexibility index (Phi) is 6.32. The lowest BCUT2D eigenvalue weighted by Crippen LogP contribution is -2.31. The average molecular weight is 250 g/mol. The van der Waals surface area contributed by atoms with Gasteiger partial charge in [-0.15, -0.1) is 0 Å². The predicted molar refractivity (Wildman–Crippen MR) is 71.5 cm³/mol. The van der Waals surface area contributed by atoms with E-state index >= 15 is 0 Å². The van der Waals surface area contributed by atoms with E-state index in [0.29, 0.717) is 6.42 Å². The van der Waals surface area contributed by atoms with Gasteiger partial charge in [0.05, 0.1) is 5.69 Å². The van der Waals surface area contributed by atoms with E-state index in [2.05, 4.69) is 22.2 Å².